The van der Waals surface area contributed by atoms with Crippen molar-refractivity contribution in [2.45, 2.75) is 13.3 Å². The standard InChI is InChI=1S/C11H9Br2NO2S2/c1-2-16-9(15)3-6-5-17-11(14-6)8-4-7(12)10(13)18-8/h4-5H,2-3H2,1H3. The van der Waals surface area contributed by atoms with Crippen molar-refractivity contribution in [2.75, 3.05) is 6.61 Å². The third-order valence-corrected chi connectivity index (χ3v) is 6.36. The maximum Gasteiger partial charge on any atom is 0.311 e. The summed E-state index contributed by atoms with van der Waals surface area (Å²) in [6.45, 7) is 2.20. The van der Waals surface area contributed by atoms with Crippen LogP contribution in [0.4, 0.5) is 0 Å². The van der Waals surface area contributed by atoms with E-state index in [1.165, 1.54) is 11.3 Å². The predicted molar refractivity (Wildman–Crippen MR) is 81.2 cm³/mol. The topological polar surface area (TPSA) is 39.2 Å². The third-order valence-electron chi connectivity index (χ3n) is 2.04. The third kappa shape index (κ3) is 3.40. The van der Waals surface area contributed by atoms with Crippen molar-refractivity contribution >= 4 is 60.5 Å². The monoisotopic (exact) mass is 409 g/mol. The van der Waals surface area contributed by atoms with E-state index in [1.807, 2.05) is 11.4 Å². The fourth-order valence-electron chi connectivity index (χ4n) is 1.31. The molecule has 2 aromatic heterocycles. The summed E-state index contributed by atoms with van der Waals surface area (Å²) in [5.74, 6) is -0.233. The van der Waals surface area contributed by atoms with Crippen LogP contribution >= 0.6 is 54.5 Å². The molecule has 2 aromatic rings. The number of aromatic nitrogens is 1. The van der Waals surface area contributed by atoms with Crippen molar-refractivity contribution in [3.8, 4) is 9.88 Å². The molecular formula is C11H9Br2NO2S2. The number of rotatable bonds is 4. The highest BCUT2D eigenvalue weighted by Gasteiger charge is 2.12. The summed E-state index contributed by atoms with van der Waals surface area (Å²) in [5.41, 5.74) is 0.758. The Kier molecular flexibility index (Phi) is 4.94. The highest BCUT2D eigenvalue weighted by molar-refractivity contribution is 9.13. The van der Waals surface area contributed by atoms with Crippen molar-refractivity contribution in [3.05, 3.63) is 25.4 Å². The molecular weight excluding hydrogens is 402 g/mol. The molecule has 0 aromatic carbocycles. The number of carbonyl (C=O) groups excluding carboxylic acids is 1. The van der Waals surface area contributed by atoms with Gasteiger partial charge in [0.1, 0.15) is 5.01 Å². The summed E-state index contributed by atoms with van der Waals surface area (Å²) >= 11 is 10.0. The van der Waals surface area contributed by atoms with Crippen LogP contribution in [0, 0.1) is 0 Å². The minimum atomic E-state index is -0.233. The smallest absolute Gasteiger partial charge is 0.311 e. The Balaban J connectivity index is 2.13. The molecule has 3 nitrogen and oxygen atoms in total. The number of hydrogen-bond acceptors (Lipinski definition) is 5. The molecule has 0 amide bonds. The molecule has 2 heterocycles. The summed E-state index contributed by atoms with van der Waals surface area (Å²) in [5, 5.41) is 2.82. The van der Waals surface area contributed by atoms with E-state index >= 15 is 0 Å². The van der Waals surface area contributed by atoms with Crippen molar-refractivity contribution in [1.29, 1.82) is 0 Å². The molecule has 0 bridgehead atoms. The molecule has 7 heteroatoms. The van der Waals surface area contributed by atoms with Gasteiger partial charge in [-0.05, 0) is 44.8 Å². The number of halogens is 2. The average molecular weight is 411 g/mol. The van der Waals surface area contributed by atoms with Crippen molar-refractivity contribution in [3.63, 3.8) is 0 Å². The van der Waals surface area contributed by atoms with Crippen LogP contribution < -0.4 is 0 Å². The van der Waals surface area contributed by atoms with Crippen LogP contribution in [-0.2, 0) is 16.0 Å². The lowest BCUT2D eigenvalue weighted by atomic mass is 10.3. The van der Waals surface area contributed by atoms with Crippen LogP contribution in [0.2, 0.25) is 0 Å². The lowest BCUT2D eigenvalue weighted by Gasteiger charge is -1.97. The molecule has 0 spiro atoms. The molecule has 0 aliphatic carbocycles. The fraction of sp³-hybridized carbons (Fsp3) is 0.273. The van der Waals surface area contributed by atoms with Gasteiger partial charge in [-0.2, -0.15) is 0 Å². The molecule has 0 saturated heterocycles. The van der Waals surface area contributed by atoms with Crippen LogP contribution in [0.1, 0.15) is 12.6 Å². The van der Waals surface area contributed by atoms with Crippen LogP contribution in [-0.4, -0.2) is 17.6 Å². The summed E-state index contributed by atoms with van der Waals surface area (Å²) in [4.78, 5) is 16.9. The zero-order valence-corrected chi connectivity index (χ0v) is 14.2. The van der Waals surface area contributed by atoms with Crippen molar-refractivity contribution < 1.29 is 9.53 Å². The predicted octanol–water partition coefficient (Wildman–Crippen LogP) is 4.50. The average Bonchev–Trinajstić information content (AvgIpc) is 2.87. The van der Waals surface area contributed by atoms with E-state index in [9.17, 15) is 4.79 Å². The number of thiophene rings is 1. The van der Waals surface area contributed by atoms with Crippen molar-refractivity contribution in [2.24, 2.45) is 0 Å². The molecule has 18 heavy (non-hydrogen) atoms. The summed E-state index contributed by atoms with van der Waals surface area (Å²) < 4.78 is 6.96. The Hall–Kier alpha value is -0.240. The van der Waals surface area contributed by atoms with E-state index in [2.05, 4.69) is 36.8 Å². The second-order valence-corrected chi connectivity index (χ2v) is 7.44. The first-order valence-corrected chi connectivity index (χ1v) is 8.43. The molecule has 0 saturated carbocycles. The molecule has 0 atom stereocenters. The molecule has 0 aliphatic heterocycles. The van der Waals surface area contributed by atoms with E-state index in [0.717, 1.165) is 23.8 Å². The first kappa shape index (κ1) is 14.2. The van der Waals surface area contributed by atoms with Crippen LogP contribution in [0.3, 0.4) is 0 Å². The molecule has 0 aliphatic rings. The Labute approximate surface area is 129 Å². The molecule has 96 valence electrons. The molecule has 2 rings (SSSR count). The first-order chi connectivity index (χ1) is 8.60. The van der Waals surface area contributed by atoms with Gasteiger partial charge < -0.3 is 4.74 Å². The van der Waals surface area contributed by atoms with Gasteiger partial charge in [-0.1, -0.05) is 0 Å². The molecule has 0 radical (unpaired) electrons. The Morgan fingerprint density at radius 3 is 2.89 bits per heavy atom. The molecule has 0 fully saturated rings. The largest absolute Gasteiger partial charge is 0.466 e. The summed E-state index contributed by atoms with van der Waals surface area (Å²) in [6, 6.07) is 2.02. The van der Waals surface area contributed by atoms with Gasteiger partial charge in [-0.25, -0.2) is 4.98 Å². The number of hydrogen-bond donors (Lipinski definition) is 0. The van der Waals surface area contributed by atoms with E-state index in [0.29, 0.717) is 6.61 Å². The van der Waals surface area contributed by atoms with Crippen LogP contribution in [0.15, 0.2) is 19.7 Å². The number of esters is 1. The quantitative estimate of drug-likeness (QED) is 0.696. The zero-order chi connectivity index (χ0) is 13.1. The summed E-state index contributed by atoms with van der Waals surface area (Å²) in [7, 11) is 0. The number of carbonyl (C=O) groups is 1. The number of nitrogens with zero attached hydrogens (tertiary/aromatic N) is 1. The molecule has 0 unspecified atom stereocenters. The maximum absolute atomic E-state index is 11.3. The van der Waals surface area contributed by atoms with E-state index < -0.39 is 0 Å². The zero-order valence-electron chi connectivity index (χ0n) is 9.41. The van der Waals surface area contributed by atoms with Gasteiger partial charge >= 0.3 is 5.97 Å². The number of thiazole rings is 1. The highest BCUT2D eigenvalue weighted by atomic mass is 79.9. The normalized spacial score (nSPS) is 10.6. The van der Waals surface area contributed by atoms with Crippen LogP contribution in [0.5, 0.6) is 0 Å². The van der Waals surface area contributed by atoms with Gasteiger partial charge in [0.05, 0.1) is 27.4 Å². The van der Waals surface area contributed by atoms with Gasteiger partial charge in [0.25, 0.3) is 0 Å². The minimum Gasteiger partial charge on any atom is -0.466 e. The lowest BCUT2D eigenvalue weighted by Crippen LogP contribution is -2.07. The van der Waals surface area contributed by atoms with E-state index in [1.54, 1.807) is 18.3 Å². The second-order valence-electron chi connectivity index (χ2n) is 3.36. The summed E-state index contributed by atoms with van der Waals surface area (Å²) in [6.07, 6.45) is 0.234. The van der Waals surface area contributed by atoms with E-state index in [-0.39, 0.29) is 12.4 Å². The van der Waals surface area contributed by atoms with Gasteiger partial charge in [-0.3, -0.25) is 4.79 Å². The van der Waals surface area contributed by atoms with Crippen molar-refractivity contribution in [1.82, 2.24) is 4.98 Å². The lowest BCUT2D eigenvalue weighted by molar-refractivity contribution is -0.142. The first-order valence-electron chi connectivity index (χ1n) is 5.15. The molecule has 0 N–H and O–H groups in total. The fourth-order valence-corrected chi connectivity index (χ4v) is 4.23. The van der Waals surface area contributed by atoms with Gasteiger partial charge in [0.15, 0.2) is 0 Å². The Morgan fingerprint density at radius 2 is 2.28 bits per heavy atom. The van der Waals surface area contributed by atoms with E-state index in [4.69, 9.17) is 4.74 Å². The van der Waals surface area contributed by atoms with Gasteiger partial charge in [0, 0.05) is 9.85 Å². The van der Waals surface area contributed by atoms with Gasteiger partial charge in [0.2, 0.25) is 0 Å². The second kappa shape index (κ2) is 6.27. The van der Waals surface area contributed by atoms with Crippen LogP contribution in [0.25, 0.3) is 9.88 Å². The SMILES string of the molecule is CCOC(=O)Cc1csc(-c2cc(Br)c(Br)s2)n1. The Morgan fingerprint density at radius 1 is 1.50 bits per heavy atom. The van der Waals surface area contributed by atoms with Gasteiger partial charge in [-0.15, -0.1) is 22.7 Å². The maximum atomic E-state index is 11.3. The highest BCUT2D eigenvalue weighted by Crippen LogP contribution is 2.39. The minimum absolute atomic E-state index is 0.233. The number of ether oxygens (including phenoxy) is 1. The Bertz CT molecular complexity index is 546.